The van der Waals surface area contributed by atoms with Crippen molar-refractivity contribution >= 4 is 15.9 Å². The highest BCUT2D eigenvalue weighted by atomic mass is 32.2. The average Bonchev–Trinajstić information content (AvgIpc) is 3.27. The molecule has 5 rings (SSSR count). The zero-order valence-electron chi connectivity index (χ0n) is 16.3. The summed E-state index contributed by atoms with van der Waals surface area (Å²) in [5, 5.41) is 15.8. The van der Waals surface area contributed by atoms with Gasteiger partial charge >= 0.3 is 10.3 Å². The summed E-state index contributed by atoms with van der Waals surface area (Å²) in [6, 6.07) is 3.70. The largest absolute Gasteiger partial charge is 0.490 e. The van der Waals surface area contributed by atoms with Gasteiger partial charge in [-0.25, -0.2) is 0 Å². The highest BCUT2D eigenvalue weighted by molar-refractivity contribution is 7.84. The number of aliphatic hydroxyl groups excluding tert-OH is 1. The van der Waals surface area contributed by atoms with Crippen LogP contribution in [-0.2, 0) is 16.7 Å². The third-order valence-corrected chi connectivity index (χ3v) is 8.22. The minimum absolute atomic E-state index is 0.00652. The van der Waals surface area contributed by atoms with Gasteiger partial charge in [0.15, 0.2) is 11.5 Å². The molecule has 0 aromatic heterocycles. The number of hydrogen-bond donors (Lipinski definition) is 2. The van der Waals surface area contributed by atoms with Crippen LogP contribution in [0.1, 0.15) is 57.1 Å². The smallest absolute Gasteiger partial charge is 0.380 e. The number of ether oxygens (including phenoxy) is 1. The van der Waals surface area contributed by atoms with Crippen molar-refractivity contribution in [1.29, 1.82) is 0 Å². The van der Waals surface area contributed by atoms with E-state index in [9.17, 15) is 13.5 Å². The molecule has 0 aliphatic heterocycles. The Kier molecular flexibility index (Phi) is 3.78. The predicted octanol–water partition coefficient (Wildman–Crippen LogP) is 2.94. The molecule has 0 radical (unpaired) electrons. The van der Waals surface area contributed by atoms with Crippen molar-refractivity contribution in [3.8, 4) is 11.5 Å². The van der Waals surface area contributed by atoms with E-state index >= 15 is 0 Å². The molecule has 7 heteroatoms. The fraction of sp³-hybridized carbons (Fsp3) is 0.619. The number of rotatable bonds is 4. The molecule has 0 unspecified atom stereocenters. The highest BCUT2D eigenvalue weighted by Crippen LogP contribution is 2.80. The minimum atomic E-state index is -4.12. The molecule has 0 amide bonds. The van der Waals surface area contributed by atoms with Crippen LogP contribution in [0.25, 0.3) is 5.57 Å². The van der Waals surface area contributed by atoms with Crippen LogP contribution in [0.15, 0.2) is 17.7 Å². The molecule has 1 spiro atoms. The third-order valence-electron chi connectivity index (χ3n) is 7.81. The first-order chi connectivity index (χ1) is 13.2. The van der Waals surface area contributed by atoms with E-state index in [4.69, 9.17) is 14.1 Å². The summed E-state index contributed by atoms with van der Waals surface area (Å²) in [6.07, 6.45) is 5.64. The maximum Gasteiger partial charge on any atom is 0.380 e. The molecule has 2 fully saturated rings. The molecule has 28 heavy (non-hydrogen) atoms. The summed E-state index contributed by atoms with van der Waals surface area (Å²) < 4.78 is 33.6. The fourth-order valence-electron chi connectivity index (χ4n) is 6.53. The molecule has 0 bridgehead atoms. The minimum Gasteiger partial charge on any atom is -0.490 e. The summed E-state index contributed by atoms with van der Waals surface area (Å²) in [7, 11) is -4.12. The van der Waals surface area contributed by atoms with Crippen LogP contribution < -0.4 is 14.1 Å². The van der Waals surface area contributed by atoms with Gasteiger partial charge in [-0.1, -0.05) is 12.5 Å². The molecular formula is C21H27NO5S. The molecule has 152 valence electrons. The zero-order valence-corrected chi connectivity index (χ0v) is 17.1. The van der Waals surface area contributed by atoms with Crippen LogP contribution in [-0.4, -0.2) is 26.2 Å². The quantitative estimate of drug-likeness (QED) is 0.802. The van der Waals surface area contributed by atoms with Gasteiger partial charge in [-0.2, -0.15) is 13.6 Å². The van der Waals surface area contributed by atoms with Crippen LogP contribution in [0.3, 0.4) is 0 Å². The molecule has 0 saturated heterocycles. The first-order valence-corrected chi connectivity index (χ1v) is 11.6. The van der Waals surface area contributed by atoms with Crippen LogP contribution in [0.2, 0.25) is 0 Å². The van der Waals surface area contributed by atoms with E-state index in [0.717, 1.165) is 43.2 Å². The molecule has 4 aliphatic rings. The molecule has 4 aliphatic carbocycles. The Labute approximate surface area is 166 Å². The maximum absolute atomic E-state index is 11.5. The Morgan fingerprint density at radius 2 is 2.04 bits per heavy atom. The molecular weight excluding hydrogens is 378 g/mol. The Morgan fingerprint density at radius 1 is 1.25 bits per heavy atom. The van der Waals surface area contributed by atoms with Crippen LogP contribution >= 0.6 is 0 Å². The molecule has 1 aromatic rings. The van der Waals surface area contributed by atoms with E-state index in [1.54, 1.807) is 6.07 Å². The first kappa shape index (κ1) is 18.5. The lowest BCUT2D eigenvalue weighted by molar-refractivity contribution is 0.0114. The van der Waals surface area contributed by atoms with Crippen LogP contribution in [0.4, 0.5) is 0 Å². The molecule has 3 N–H and O–H groups in total. The number of aryl methyl sites for hydroxylation is 1. The zero-order chi connectivity index (χ0) is 19.9. The van der Waals surface area contributed by atoms with Gasteiger partial charge in [-0.3, -0.25) is 0 Å². The summed E-state index contributed by atoms with van der Waals surface area (Å²) in [5.41, 5.74) is 5.29. The summed E-state index contributed by atoms with van der Waals surface area (Å²) in [6.45, 7) is 4.53. The van der Waals surface area contributed by atoms with Crippen molar-refractivity contribution < 1.29 is 22.4 Å². The molecule has 0 heterocycles. The van der Waals surface area contributed by atoms with Crippen molar-refractivity contribution in [1.82, 2.24) is 0 Å². The molecule has 6 nitrogen and oxygen atoms in total. The Balaban J connectivity index is 1.63. The maximum atomic E-state index is 11.5. The first-order valence-electron chi connectivity index (χ1n) is 10.1. The third kappa shape index (κ3) is 2.36. The number of aliphatic hydroxyl groups is 1. The summed E-state index contributed by atoms with van der Waals surface area (Å²) in [4.78, 5) is 0. The Morgan fingerprint density at radius 3 is 2.75 bits per heavy atom. The molecule has 4 atom stereocenters. The lowest BCUT2D eigenvalue weighted by Crippen LogP contribution is -2.41. The van der Waals surface area contributed by atoms with Gasteiger partial charge < -0.3 is 14.0 Å². The standard InChI is InChI=1S/C21H27NO5S/c1-3-26-17-10-15-12(8-18(17)27-28(22,24)25)4-5-16-14(15)6-7-20(2)19(23)9-13-11-21(13,16)20/h8,10,13,19,23H,3-7,9,11H2,1-2H3,(H2,22,24,25)/t13-,19+,20-,21+/m1/s1. The Bertz CT molecular complexity index is 1000. The summed E-state index contributed by atoms with van der Waals surface area (Å²) >= 11 is 0. The fourth-order valence-corrected chi connectivity index (χ4v) is 6.91. The highest BCUT2D eigenvalue weighted by Gasteiger charge is 2.74. The van der Waals surface area contributed by atoms with Crippen molar-refractivity contribution in [3.05, 3.63) is 28.8 Å². The van der Waals surface area contributed by atoms with Crippen LogP contribution in [0.5, 0.6) is 11.5 Å². The predicted molar refractivity (Wildman–Crippen MR) is 105 cm³/mol. The normalized spacial score (nSPS) is 35.6. The number of hydrogen-bond acceptors (Lipinski definition) is 5. The van der Waals surface area contributed by atoms with Gasteiger partial charge in [-0.05, 0) is 80.2 Å². The lowest BCUT2D eigenvalue weighted by Gasteiger charge is -2.46. The van der Waals surface area contributed by atoms with E-state index in [0.29, 0.717) is 18.3 Å². The second kappa shape index (κ2) is 5.74. The number of fused-ring (bicyclic) bond motifs is 2. The lowest BCUT2D eigenvalue weighted by atomic mass is 9.59. The van der Waals surface area contributed by atoms with Gasteiger partial charge in [0, 0.05) is 10.8 Å². The second-order valence-corrected chi connectivity index (χ2v) is 10.1. The molecule has 2 saturated carbocycles. The van der Waals surface area contributed by atoms with Gasteiger partial charge in [0.2, 0.25) is 0 Å². The van der Waals surface area contributed by atoms with Gasteiger partial charge in [-0.15, -0.1) is 0 Å². The van der Waals surface area contributed by atoms with Crippen molar-refractivity contribution in [2.75, 3.05) is 6.61 Å². The topological polar surface area (TPSA) is 98.9 Å². The van der Waals surface area contributed by atoms with Crippen molar-refractivity contribution in [2.24, 2.45) is 21.9 Å². The van der Waals surface area contributed by atoms with E-state index in [1.807, 2.05) is 13.0 Å². The van der Waals surface area contributed by atoms with Crippen LogP contribution in [0, 0.1) is 16.7 Å². The van der Waals surface area contributed by atoms with E-state index < -0.39 is 10.3 Å². The Hall–Kier alpha value is -1.57. The molecule has 1 aromatic carbocycles. The van der Waals surface area contributed by atoms with E-state index in [-0.39, 0.29) is 22.7 Å². The number of nitrogens with two attached hydrogens (primary N) is 1. The van der Waals surface area contributed by atoms with Gasteiger partial charge in [0.25, 0.3) is 0 Å². The SMILES string of the molecule is CCOc1cc2c(cc1OS(N)(=O)=O)CCC1=C2CC[C@]2(C)[C@@H](O)C[C@@H]3C[C@@]132. The van der Waals surface area contributed by atoms with Gasteiger partial charge in [0.05, 0.1) is 12.7 Å². The van der Waals surface area contributed by atoms with Gasteiger partial charge in [0.1, 0.15) is 0 Å². The van der Waals surface area contributed by atoms with Crippen molar-refractivity contribution in [3.63, 3.8) is 0 Å². The monoisotopic (exact) mass is 405 g/mol. The average molecular weight is 406 g/mol. The summed E-state index contributed by atoms with van der Waals surface area (Å²) in [5.74, 6) is 1.18. The number of allylic oxidation sites excluding steroid dienone is 2. The van der Waals surface area contributed by atoms with E-state index in [2.05, 4.69) is 6.92 Å². The second-order valence-electron chi connectivity index (χ2n) is 8.96. The van der Waals surface area contributed by atoms with Crippen molar-refractivity contribution in [2.45, 2.75) is 58.5 Å². The number of benzene rings is 1. The van der Waals surface area contributed by atoms with E-state index in [1.165, 1.54) is 17.6 Å².